The SMILES string of the molecule is C=C(SC)N(CC)[C@H](C)C(C)C. The minimum atomic E-state index is 0.593. The van der Waals surface area contributed by atoms with Gasteiger partial charge in [-0.2, -0.15) is 0 Å². The normalized spacial score (nSPS) is 13.2. The van der Waals surface area contributed by atoms with E-state index >= 15 is 0 Å². The van der Waals surface area contributed by atoms with Gasteiger partial charge >= 0.3 is 0 Å². The average molecular weight is 187 g/mol. The average Bonchev–Trinajstić information content (AvgIpc) is 2.05. The molecule has 0 radical (unpaired) electrons. The maximum Gasteiger partial charge on any atom is 0.0633 e. The number of rotatable bonds is 5. The zero-order valence-electron chi connectivity index (χ0n) is 8.92. The van der Waals surface area contributed by atoms with Gasteiger partial charge in [-0.05, 0) is 26.0 Å². The fourth-order valence-electron chi connectivity index (χ4n) is 1.17. The molecule has 1 nitrogen and oxygen atoms in total. The Morgan fingerprint density at radius 1 is 1.42 bits per heavy atom. The van der Waals surface area contributed by atoms with Crippen molar-refractivity contribution in [3.05, 3.63) is 11.6 Å². The molecule has 0 aromatic carbocycles. The number of thioether (sulfide) groups is 1. The molecule has 72 valence electrons. The fourth-order valence-corrected chi connectivity index (χ4v) is 1.70. The summed E-state index contributed by atoms with van der Waals surface area (Å²) in [5, 5.41) is 1.18. The van der Waals surface area contributed by atoms with Crippen molar-refractivity contribution in [2.75, 3.05) is 12.8 Å². The van der Waals surface area contributed by atoms with E-state index < -0.39 is 0 Å². The number of nitrogens with zero attached hydrogens (tertiary/aromatic N) is 1. The van der Waals surface area contributed by atoms with Gasteiger partial charge in [0.15, 0.2) is 0 Å². The van der Waals surface area contributed by atoms with E-state index in [1.807, 2.05) is 0 Å². The van der Waals surface area contributed by atoms with Gasteiger partial charge in [-0.1, -0.05) is 20.4 Å². The van der Waals surface area contributed by atoms with Crippen LogP contribution in [0.1, 0.15) is 27.7 Å². The molecule has 0 aliphatic rings. The highest BCUT2D eigenvalue weighted by atomic mass is 32.2. The lowest BCUT2D eigenvalue weighted by atomic mass is 10.1. The van der Waals surface area contributed by atoms with Crippen molar-refractivity contribution < 1.29 is 0 Å². The lowest BCUT2D eigenvalue weighted by Gasteiger charge is -2.33. The molecule has 12 heavy (non-hydrogen) atoms. The zero-order chi connectivity index (χ0) is 9.72. The fraction of sp³-hybridized carbons (Fsp3) is 0.800. The van der Waals surface area contributed by atoms with Crippen LogP contribution in [0.25, 0.3) is 0 Å². The predicted octanol–water partition coefficient (Wildman–Crippen LogP) is 3.19. The van der Waals surface area contributed by atoms with Crippen LogP contribution in [0.3, 0.4) is 0 Å². The summed E-state index contributed by atoms with van der Waals surface area (Å²) in [5.41, 5.74) is 0. The quantitative estimate of drug-likeness (QED) is 0.650. The van der Waals surface area contributed by atoms with Crippen molar-refractivity contribution in [2.45, 2.75) is 33.7 Å². The highest BCUT2D eigenvalue weighted by molar-refractivity contribution is 8.02. The van der Waals surface area contributed by atoms with Gasteiger partial charge in [0.2, 0.25) is 0 Å². The molecule has 0 rings (SSSR count). The van der Waals surface area contributed by atoms with E-state index in [1.165, 1.54) is 5.03 Å². The standard InChI is InChI=1S/C10H21NS/c1-7-11(10(5)12-6)9(4)8(2)3/h8-9H,5,7H2,1-4,6H3/t9-/m1/s1. The van der Waals surface area contributed by atoms with Gasteiger partial charge < -0.3 is 4.90 Å². The van der Waals surface area contributed by atoms with Crippen molar-refractivity contribution in [2.24, 2.45) is 5.92 Å². The predicted molar refractivity (Wildman–Crippen MR) is 59.3 cm³/mol. The van der Waals surface area contributed by atoms with E-state index in [9.17, 15) is 0 Å². The number of hydrogen-bond acceptors (Lipinski definition) is 2. The summed E-state index contributed by atoms with van der Waals surface area (Å²) >= 11 is 1.73. The minimum Gasteiger partial charge on any atom is -0.364 e. The van der Waals surface area contributed by atoms with Gasteiger partial charge in [-0.3, -0.25) is 0 Å². The first kappa shape index (κ1) is 11.9. The van der Waals surface area contributed by atoms with Gasteiger partial charge in [0, 0.05) is 12.6 Å². The summed E-state index contributed by atoms with van der Waals surface area (Å²) in [5.74, 6) is 0.689. The van der Waals surface area contributed by atoms with Crippen LogP contribution in [0.5, 0.6) is 0 Å². The molecule has 0 aromatic rings. The van der Waals surface area contributed by atoms with Crippen molar-refractivity contribution in [3.8, 4) is 0 Å². The second kappa shape index (κ2) is 5.52. The first-order valence-corrected chi connectivity index (χ1v) is 5.76. The maximum absolute atomic E-state index is 4.04. The van der Waals surface area contributed by atoms with Crippen LogP contribution in [0.2, 0.25) is 0 Å². The van der Waals surface area contributed by atoms with Gasteiger partial charge in [0.1, 0.15) is 0 Å². The van der Waals surface area contributed by atoms with Crippen molar-refractivity contribution in [1.82, 2.24) is 4.90 Å². The van der Waals surface area contributed by atoms with Crippen LogP contribution >= 0.6 is 11.8 Å². The Hall–Kier alpha value is -0.110. The Kier molecular flexibility index (Phi) is 5.47. The summed E-state index contributed by atoms with van der Waals surface area (Å²) in [4.78, 5) is 2.36. The molecule has 1 atom stereocenters. The molecule has 0 saturated heterocycles. The lowest BCUT2D eigenvalue weighted by Crippen LogP contribution is -2.34. The second-order valence-corrected chi connectivity index (χ2v) is 4.25. The second-order valence-electron chi connectivity index (χ2n) is 3.37. The summed E-state index contributed by atoms with van der Waals surface area (Å²) in [6, 6.07) is 0.593. The van der Waals surface area contributed by atoms with Crippen molar-refractivity contribution in [1.29, 1.82) is 0 Å². The Morgan fingerprint density at radius 2 is 1.92 bits per heavy atom. The maximum atomic E-state index is 4.04. The Balaban J connectivity index is 4.23. The molecule has 0 saturated carbocycles. The van der Waals surface area contributed by atoms with Crippen LogP contribution in [-0.4, -0.2) is 23.7 Å². The molecular formula is C10H21NS. The molecule has 0 aliphatic carbocycles. The van der Waals surface area contributed by atoms with Crippen LogP contribution in [0, 0.1) is 5.92 Å². The lowest BCUT2D eigenvalue weighted by molar-refractivity contribution is 0.242. The number of hydrogen-bond donors (Lipinski definition) is 0. The molecule has 0 spiro atoms. The monoisotopic (exact) mass is 187 g/mol. The molecule has 0 unspecified atom stereocenters. The molecule has 2 heteroatoms. The van der Waals surface area contributed by atoms with Gasteiger partial charge in [-0.25, -0.2) is 0 Å². The Labute approximate surface area is 81.2 Å². The minimum absolute atomic E-state index is 0.593. The van der Waals surface area contributed by atoms with Crippen LogP contribution in [0.4, 0.5) is 0 Å². The molecular weight excluding hydrogens is 166 g/mol. The van der Waals surface area contributed by atoms with E-state index in [0.29, 0.717) is 12.0 Å². The highest BCUT2D eigenvalue weighted by Gasteiger charge is 2.15. The molecule has 0 aromatic heterocycles. The van der Waals surface area contributed by atoms with E-state index in [4.69, 9.17) is 0 Å². The van der Waals surface area contributed by atoms with Crippen LogP contribution in [0.15, 0.2) is 11.6 Å². The Morgan fingerprint density at radius 3 is 2.17 bits per heavy atom. The van der Waals surface area contributed by atoms with Gasteiger partial charge in [0.25, 0.3) is 0 Å². The molecule has 0 amide bonds. The van der Waals surface area contributed by atoms with Crippen molar-refractivity contribution in [3.63, 3.8) is 0 Å². The van der Waals surface area contributed by atoms with Crippen LogP contribution in [-0.2, 0) is 0 Å². The third-order valence-corrected chi connectivity index (χ3v) is 3.06. The van der Waals surface area contributed by atoms with E-state index in [1.54, 1.807) is 11.8 Å². The van der Waals surface area contributed by atoms with Crippen molar-refractivity contribution >= 4 is 11.8 Å². The summed E-state index contributed by atoms with van der Waals surface area (Å²) in [6.45, 7) is 14.0. The smallest absolute Gasteiger partial charge is 0.0633 e. The molecule has 0 aliphatic heterocycles. The Bertz CT molecular complexity index is 143. The first-order valence-electron chi connectivity index (χ1n) is 4.54. The first-order chi connectivity index (χ1) is 5.54. The largest absolute Gasteiger partial charge is 0.364 e. The topological polar surface area (TPSA) is 3.24 Å². The molecule has 0 N–H and O–H groups in total. The molecule has 0 heterocycles. The summed E-state index contributed by atoms with van der Waals surface area (Å²) in [7, 11) is 0. The van der Waals surface area contributed by atoms with Gasteiger partial charge in [0.05, 0.1) is 5.03 Å². The molecule has 0 fully saturated rings. The summed E-state index contributed by atoms with van der Waals surface area (Å²) < 4.78 is 0. The van der Waals surface area contributed by atoms with E-state index in [-0.39, 0.29) is 0 Å². The third-order valence-electron chi connectivity index (χ3n) is 2.35. The third kappa shape index (κ3) is 3.10. The molecule has 0 bridgehead atoms. The zero-order valence-corrected chi connectivity index (χ0v) is 9.74. The van der Waals surface area contributed by atoms with Crippen LogP contribution < -0.4 is 0 Å². The van der Waals surface area contributed by atoms with Gasteiger partial charge in [-0.15, -0.1) is 11.8 Å². The highest BCUT2D eigenvalue weighted by Crippen LogP contribution is 2.21. The van der Waals surface area contributed by atoms with E-state index in [2.05, 4.69) is 45.4 Å². The van der Waals surface area contributed by atoms with E-state index in [0.717, 1.165) is 6.54 Å². The summed E-state index contributed by atoms with van der Waals surface area (Å²) in [6.07, 6.45) is 2.08.